The smallest absolute Gasteiger partial charge is 0.410 e. The molecular weight excluding hydrogens is 306 g/mol. The lowest BCUT2D eigenvalue weighted by atomic mass is 9.96. The van der Waals surface area contributed by atoms with E-state index in [1.54, 1.807) is 0 Å². The van der Waals surface area contributed by atoms with Crippen LogP contribution in [0.2, 0.25) is 0 Å². The lowest BCUT2D eigenvalue weighted by Crippen LogP contribution is -2.52. The molecular formula is C18H29N3O3. The van der Waals surface area contributed by atoms with Crippen LogP contribution in [0.4, 0.5) is 4.79 Å². The van der Waals surface area contributed by atoms with Crippen LogP contribution in [0.25, 0.3) is 0 Å². The molecule has 6 heteroatoms. The SMILES string of the molecule is Cc1cc(CN(C)C2C[C@H]3CC[C@@H](C2)N3C(=O)OC(C)(C)C)on1. The predicted octanol–water partition coefficient (Wildman–Crippen LogP) is 3.35. The Hall–Kier alpha value is -1.56. The van der Waals surface area contributed by atoms with Crippen LogP contribution in [0.3, 0.4) is 0 Å². The number of carbonyl (C=O) groups is 1. The van der Waals surface area contributed by atoms with Gasteiger partial charge in [-0.15, -0.1) is 0 Å². The molecule has 0 saturated carbocycles. The molecule has 3 heterocycles. The maximum atomic E-state index is 12.5. The second-order valence-electron chi connectivity index (χ2n) is 8.25. The van der Waals surface area contributed by atoms with Crippen molar-refractivity contribution in [2.45, 2.75) is 83.6 Å². The summed E-state index contributed by atoms with van der Waals surface area (Å²) >= 11 is 0. The molecule has 2 saturated heterocycles. The topological polar surface area (TPSA) is 58.8 Å². The van der Waals surface area contributed by atoms with Gasteiger partial charge in [0.2, 0.25) is 0 Å². The molecule has 2 bridgehead atoms. The van der Waals surface area contributed by atoms with Crippen molar-refractivity contribution in [3.63, 3.8) is 0 Å². The molecule has 2 fully saturated rings. The summed E-state index contributed by atoms with van der Waals surface area (Å²) in [5.41, 5.74) is 0.479. The molecule has 2 aliphatic rings. The third kappa shape index (κ3) is 3.74. The molecule has 1 amide bonds. The molecule has 3 rings (SSSR count). The minimum absolute atomic E-state index is 0.151. The van der Waals surface area contributed by atoms with Crippen molar-refractivity contribution in [3.8, 4) is 0 Å². The summed E-state index contributed by atoms with van der Waals surface area (Å²) in [6.07, 6.45) is 4.01. The summed E-state index contributed by atoms with van der Waals surface area (Å²) in [6, 6.07) is 3.04. The van der Waals surface area contributed by atoms with Crippen molar-refractivity contribution >= 4 is 6.09 Å². The molecule has 0 radical (unpaired) electrons. The first-order valence-corrected chi connectivity index (χ1v) is 8.86. The van der Waals surface area contributed by atoms with Gasteiger partial charge in [0.05, 0.1) is 12.2 Å². The van der Waals surface area contributed by atoms with Crippen molar-refractivity contribution in [1.82, 2.24) is 15.0 Å². The van der Waals surface area contributed by atoms with E-state index in [-0.39, 0.29) is 6.09 Å². The van der Waals surface area contributed by atoms with E-state index in [1.807, 2.05) is 38.7 Å². The standard InChI is InChI=1S/C18H29N3O3/c1-12-8-16(24-19-12)11-20(5)15-9-13-6-7-14(10-15)21(13)17(22)23-18(2,3)4/h8,13-15H,6-7,9-11H2,1-5H3/t13-,14+,15?. The first-order chi connectivity index (χ1) is 11.2. The van der Waals surface area contributed by atoms with Gasteiger partial charge in [0.25, 0.3) is 0 Å². The van der Waals surface area contributed by atoms with E-state index in [2.05, 4.69) is 17.1 Å². The van der Waals surface area contributed by atoms with Crippen molar-refractivity contribution in [2.24, 2.45) is 0 Å². The molecule has 2 aliphatic heterocycles. The Kier molecular flexibility index (Phi) is 4.60. The monoisotopic (exact) mass is 335 g/mol. The highest BCUT2D eigenvalue weighted by Gasteiger charge is 2.45. The molecule has 0 aliphatic carbocycles. The maximum Gasteiger partial charge on any atom is 0.410 e. The number of nitrogens with zero attached hydrogens (tertiary/aromatic N) is 3. The highest BCUT2D eigenvalue weighted by Crippen LogP contribution is 2.38. The molecule has 1 aromatic rings. The van der Waals surface area contributed by atoms with E-state index >= 15 is 0 Å². The average molecular weight is 335 g/mol. The van der Waals surface area contributed by atoms with Gasteiger partial charge in [0, 0.05) is 24.2 Å². The molecule has 24 heavy (non-hydrogen) atoms. The number of hydrogen-bond donors (Lipinski definition) is 0. The number of carbonyl (C=O) groups excluding carboxylic acids is 1. The fraction of sp³-hybridized carbons (Fsp3) is 0.778. The minimum atomic E-state index is -0.436. The quantitative estimate of drug-likeness (QED) is 0.848. The molecule has 1 unspecified atom stereocenters. The normalized spacial score (nSPS) is 26.9. The Morgan fingerprint density at radius 2 is 2.00 bits per heavy atom. The average Bonchev–Trinajstić information content (AvgIpc) is 2.98. The van der Waals surface area contributed by atoms with Crippen LogP contribution in [-0.4, -0.2) is 51.8 Å². The molecule has 3 atom stereocenters. The summed E-state index contributed by atoms with van der Waals surface area (Å²) in [4.78, 5) is 16.8. The van der Waals surface area contributed by atoms with Gasteiger partial charge in [-0.3, -0.25) is 4.90 Å². The van der Waals surface area contributed by atoms with Gasteiger partial charge >= 0.3 is 6.09 Å². The summed E-state index contributed by atoms with van der Waals surface area (Å²) in [5.74, 6) is 0.900. The Morgan fingerprint density at radius 3 is 2.50 bits per heavy atom. The van der Waals surface area contributed by atoms with Gasteiger partial charge in [0.1, 0.15) is 5.60 Å². The van der Waals surface area contributed by atoms with Gasteiger partial charge in [-0.1, -0.05) is 5.16 Å². The third-order valence-electron chi connectivity index (χ3n) is 5.02. The van der Waals surface area contributed by atoms with E-state index in [0.29, 0.717) is 18.1 Å². The Labute approximate surface area is 144 Å². The van der Waals surface area contributed by atoms with Crippen molar-refractivity contribution < 1.29 is 14.1 Å². The van der Waals surface area contributed by atoms with Crippen LogP contribution in [0, 0.1) is 6.92 Å². The summed E-state index contributed by atoms with van der Waals surface area (Å²) < 4.78 is 10.9. The van der Waals surface area contributed by atoms with E-state index in [9.17, 15) is 4.79 Å². The van der Waals surface area contributed by atoms with Gasteiger partial charge in [-0.25, -0.2) is 4.79 Å². The molecule has 0 N–H and O–H groups in total. The van der Waals surface area contributed by atoms with E-state index in [0.717, 1.165) is 43.7 Å². The molecule has 134 valence electrons. The van der Waals surface area contributed by atoms with Crippen LogP contribution >= 0.6 is 0 Å². The zero-order chi connectivity index (χ0) is 17.5. The van der Waals surface area contributed by atoms with E-state index in [1.165, 1.54) is 0 Å². The summed E-state index contributed by atoms with van der Waals surface area (Å²) in [7, 11) is 2.13. The number of aryl methyl sites for hydroxylation is 1. The Bertz CT molecular complexity index is 579. The lowest BCUT2D eigenvalue weighted by molar-refractivity contribution is -0.00331. The number of aromatic nitrogens is 1. The van der Waals surface area contributed by atoms with E-state index in [4.69, 9.17) is 9.26 Å². The molecule has 1 aromatic heterocycles. The van der Waals surface area contributed by atoms with Crippen LogP contribution in [0.15, 0.2) is 10.6 Å². The number of amides is 1. The second kappa shape index (κ2) is 6.39. The van der Waals surface area contributed by atoms with Crippen molar-refractivity contribution in [1.29, 1.82) is 0 Å². The van der Waals surface area contributed by atoms with Gasteiger partial charge < -0.3 is 14.2 Å². The summed E-state index contributed by atoms with van der Waals surface area (Å²) in [6.45, 7) is 8.47. The molecule has 6 nitrogen and oxygen atoms in total. The largest absolute Gasteiger partial charge is 0.444 e. The first-order valence-electron chi connectivity index (χ1n) is 8.86. The van der Waals surface area contributed by atoms with Crippen molar-refractivity contribution in [2.75, 3.05) is 7.05 Å². The van der Waals surface area contributed by atoms with E-state index < -0.39 is 5.60 Å². The van der Waals surface area contributed by atoms with Gasteiger partial charge in [0.15, 0.2) is 5.76 Å². The molecule has 0 aromatic carbocycles. The maximum absolute atomic E-state index is 12.5. The fourth-order valence-electron chi connectivity index (χ4n) is 3.99. The predicted molar refractivity (Wildman–Crippen MR) is 90.6 cm³/mol. The number of fused-ring (bicyclic) bond motifs is 2. The summed E-state index contributed by atoms with van der Waals surface area (Å²) in [5, 5.41) is 3.96. The van der Waals surface area contributed by atoms with Gasteiger partial charge in [-0.05, 0) is 60.4 Å². The van der Waals surface area contributed by atoms with Crippen molar-refractivity contribution in [3.05, 3.63) is 17.5 Å². The zero-order valence-electron chi connectivity index (χ0n) is 15.4. The number of piperidine rings is 1. The number of hydrogen-bond acceptors (Lipinski definition) is 5. The zero-order valence-corrected chi connectivity index (χ0v) is 15.4. The Balaban J connectivity index is 1.61. The van der Waals surface area contributed by atoms with Crippen LogP contribution in [0.5, 0.6) is 0 Å². The Morgan fingerprint density at radius 1 is 1.38 bits per heavy atom. The lowest BCUT2D eigenvalue weighted by Gasteiger charge is -2.42. The second-order valence-corrected chi connectivity index (χ2v) is 8.25. The highest BCUT2D eigenvalue weighted by molar-refractivity contribution is 5.69. The first kappa shape index (κ1) is 17.3. The highest BCUT2D eigenvalue weighted by atomic mass is 16.6. The number of ether oxygens (including phenoxy) is 1. The molecule has 0 spiro atoms. The van der Waals surface area contributed by atoms with Crippen LogP contribution < -0.4 is 0 Å². The van der Waals surface area contributed by atoms with Crippen LogP contribution in [-0.2, 0) is 11.3 Å². The minimum Gasteiger partial charge on any atom is -0.444 e. The third-order valence-corrected chi connectivity index (χ3v) is 5.02. The number of rotatable bonds is 3. The van der Waals surface area contributed by atoms with Crippen LogP contribution in [0.1, 0.15) is 57.9 Å². The fourth-order valence-corrected chi connectivity index (χ4v) is 3.99. The van der Waals surface area contributed by atoms with Gasteiger partial charge in [-0.2, -0.15) is 0 Å².